The zero-order valence-corrected chi connectivity index (χ0v) is 24.1. The molecule has 4 aromatic carbocycles. The van der Waals surface area contributed by atoms with Crippen molar-refractivity contribution in [2.75, 3.05) is 19.7 Å². The quantitative estimate of drug-likeness (QED) is 0.0880. The summed E-state index contributed by atoms with van der Waals surface area (Å²) in [5.41, 5.74) is 1.80. The molecule has 0 aliphatic carbocycles. The first kappa shape index (κ1) is 31.1. The number of benzene rings is 4. The van der Waals surface area contributed by atoms with Crippen molar-refractivity contribution in [1.82, 2.24) is 4.90 Å². The number of alkyl halides is 3. The van der Waals surface area contributed by atoms with Crippen molar-refractivity contribution in [1.29, 1.82) is 0 Å². The Morgan fingerprint density at radius 3 is 2.10 bits per heavy atom. The summed E-state index contributed by atoms with van der Waals surface area (Å²) in [6.07, 6.45) is -3.67. The van der Waals surface area contributed by atoms with Gasteiger partial charge in [0.15, 0.2) is 0 Å². The number of carbonyl (C=O) groups excluding carboxylic acids is 1. The van der Waals surface area contributed by atoms with Gasteiger partial charge in [0, 0.05) is 38.0 Å². The maximum atomic E-state index is 13.6. The number of hydrogen-bond acceptors (Lipinski definition) is 4. The lowest BCUT2D eigenvalue weighted by Crippen LogP contribution is -2.31. The maximum absolute atomic E-state index is 13.6. The molecule has 4 nitrogen and oxygen atoms in total. The summed E-state index contributed by atoms with van der Waals surface area (Å²) < 4.78 is 52.0. The molecule has 0 saturated carbocycles. The molecule has 0 N–H and O–H groups in total. The van der Waals surface area contributed by atoms with Crippen LogP contribution in [-0.2, 0) is 17.5 Å². The largest absolute Gasteiger partial charge is 0.493 e. The van der Waals surface area contributed by atoms with E-state index in [9.17, 15) is 18.0 Å². The van der Waals surface area contributed by atoms with E-state index in [0.717, 1.165) is 17.2 Å². The molecule has 0 amide bonds. The molecule has 0 aliphatic heterocycles. The van der Waals surface area contributed by atoms with Crippen LogP contribution in [0, 0.1) is 0 Å². The number of rotatable bonds is 13. The summed E-state index contributed by atoms with van der Waals surface area (Å²) >= 11 is 6.30. The molecule has 42 heavy (non-hydrogen) atoms. The predicted molar refractivity (Wildman–Crippen MR) is 159 cm³/mol. The van der Waals surface area contributed by atoms with E-state index >= 15 is 0 Å². The van der Waals surface area contributed by atoms with Crippen LogP contribution in [0.15, 0.2) is 103 Å². The molecule has 0 saturated heterocycles. The highest BCUT2D eigenvalue weighted by molar-refractivity contribution is 6.32. The van der Waals surface area contributed by atoms with Crippen molar-refractivity contribution in [3.63, 3.8) is 0 Å². The molecule has 0 aromatic heterocycles. The topological polar surface area (TPSA) is 38.8 Å². The fourth-order valence-corrected chi connectivity index (χ4v) is 5.03. The van der Waals surface area contributed by atoms with Crippen LogP contribution < -0.4 is 9.47 Å². The SMILES string of the molecule is CCC(=O)Oc1cccc(OCCCN(Cc2cccc(C(F)(F)F)c2Cl)CC(c2ccccc2)c2ccccc2)c1. The Kier molecular flexibility index (Phi) is 11.0. The highest BCUT2D eigenvalue weighted by Crippen LogP contribution is 2.37. The number of esters is 1. The van der Waals surface area contributed by atoms with Crippen LogP contribution in [0.2, 0.25) is 5.02 Å². The molecule has 0 atom stereocenters. The van der Waals surface area contributed by atoms with Gasteiger partial charge in [-0.3, -0.25) is 9.69 Å². The molecule has 8 heteroatoms. The predicted octanol–water partition coefficient (Wildman–Crippen LogP) is 8.78. The molecule has 0 aliphatic rings. The molecule has 0 bridgehead atoms. The summed E-state index contributed by atoms with van der Waals surface area (Å²) in [5.74, 6) is 0.634. The summed E-state index contributed by atoms with van der Waals surface area (Å²) in [7, 11) is 0. The van der Waals surface area contributed by atoms with Crippen LogP contribution in [0.4, 0.5) is 13.2 Å². The van der Waals surface area contributed by atoms with Crippen molar-refractivity contribution in [2.45, 2.75) is 38.4 Å². The molecular formula is C34H33ClF3NO3. The van der Waals surface area contributed by atoms with E-state index in [1.54, 1.807) is 37.3 Å². The van der Waals surface area contributed by atoms with Crippen molar-refractivity contribution in [2.24, 2.45) is 0 Å². The highest BCUT2D eigenvalue weighted by atomic mass is 35.5. The smallest absolute Gasteiger partial charge is 0.417 e. The van der Waals surface area contributed by atoms with Crippen molar-refractivity contribution in [3.05, 3.63) is 130 Å². The monoisotopic (exact) mass is 595 g/mol. The number of hydrogen-bond donors (Lipinski definition) is 0. The van der Waals surface area contributed by atoms with Gasteiger partial charge in [0.2, 0.25) is 0 Å². The summed E-state index contributed by atoms with van der Waals surface area (Å²) in [5, 5.41) is -0.277. The van der Waals surface area contributed by atoms with Crippen LogP contribution in [0.25, 0.3) is 0 Å². The molecule has 0 fully saturated rings. The van der Waals surface area contributed by atoms with Gasteiger partial charge in [0.05, 0.1) is 17.2 Å². The van der Waals surface area contributed by atoms with Gasteiger partial charge in [-0.15, -0.1) is 0 Å². The summed E-state index contributed by atoms with van der Waals surface area (Å²) in [4.78, 5) is 13.8. The van der Waals surface area contributed by atoms with Crippen molar-refractivity contribution >= 4 is 17.6 Å². The van der Waals surface area contributed by atoms with Gasteiger partial charge in [0.25, 0.3) is 0 Å². The molecule has 4 aromatic rings. The first-order valence-electron chi connectivity index (χ1n) is 13.8. The van der Waals surface area contributed by atoms with E-state index in [-0.39, 0.29) is 29.9 Å². The molecular weight excluding hydrogens is 563 g/mol. The normalized spacial score (nSPS) is 11.6. The van der Waals surface area contributed by atoms with Crippen molar-refractivity contribution in [3.8, 4) is 11.5 Å². The average Bonchev–Trinajstić information content (AvgIpc) is 2.99. The Bertz CT molecular complexity index is 1390. The second kappa shape index (κ2) is 14.9. The lowest BCUT2D eigenvalue weighted by atomic mass is 9.90. The lowest BCUT2D eigenvalue weighted by Gasteiger charge is -2.29. The Morgan fingerprint density at radius 1 is 0.857 bits per heavy atom. The van der Waals surface area contributed by atoms with Crippen LogP contribution in [0.3, 0.4) is 0 Å². The summed E-state index contributed by atoms with van der Waals surface area (Å²) in [6, 6.07) is 31.0. The first-order valence-corrected chi connectivity index (χ1v) is 14.2. The Morgan fingerprint density at radius 2 is 1.48 bits per heavy atom. The highest BCUT2D eigenvalue weighted by Gasteiger charge is 2.34. The van der Waals surface area contributed by atoms with E-state index < -0.39 is 11.7 Å². The van der Waals surface area contributed by atoms with Gasteiger partial charge in [-0.2, -0.15) is 13.2 Å². The summed E-state index contributed by atoms with van der Waals surface area (Å²) in [6.45, 7) is 3.43. The van der Waals surface area contributed by atoms with Gasteiger partial charge in [-0.05, 0) is 41.3 Å². The third-order valence-electron chi connectivity index (χ3n) is 6.84. The second-order valence-electron chi connectivity index (χ2n) is 9.89. The van der Waals surface area contributed by atoms with Crippen molar-refractivity contribution < 1.29 is 27.4 Å². The minimum Gasteiger partial charge on any atom is -0.493 e. The van der Waals surface area contributed by atoms with E-state index in [0.29, 0.717) is 43.2 Å². The molecule has 220 valence electrons. The van der Waals surface area contributed by atoms with E-state index in [4.69, 9.17) is 21.1 Å². The van der Waals surface area contributed by atoms with E-state index in [1.165, 1.54) is 6.07 Å². The van der Waals surface area contributed by atoms with Gasteiger partial charge in [-0.1, -0.05) is 97.4 Å². The molecule has 0 radical (unpaired) electrons. The minimum atomic E-state index is -4.54. The van der Waals surface area contributed by atoms with Gasteiger partial charge < -0.3 is 9.47 Å². The number of carbonyl (C=O) groups is 1. The maximum Gasteiger partial charge on any atom is 0.417 e. The van der Waals surface area contributed by atoms with Crippen LogP contribution in [0.5, 0.6) is 11.5 Å². The number of halogens is 4. The van der Waals surface area contributed by atoms with Crippen LogP contribution in [-0.4, -0.2) is 30.6 Å². The Balaban J connectivity index is 1.53. The van der Waals surface area contributed by atoms with Gasteiger partial charge in [0.1, 0.15) is 11.5 Å². The van der Waals surface area contributed by atoms with Crippen LogP contribution >= 0.6 is 11.6 Å². The van der Waals surface area contributed by atoms with Crippen LogP contribution in [0.1, 0.15) is 47.9 Å². The van der Waals surface area contributed by atoms with E-state index in [2.05, 4.69) is 29.2 Å². The van der Waals surface area contributed by atoms with E-state index in [1.807, 2.05) is 36.4 Å². The molecule has 0 heterocycles. The van der Waals surface area contributed by atoms with Gasteiger partial charge in [-0.25, -0.2) is 0 Å². The molecule has 4 rings (SSSR count). The average molecular weight is 596 g/mol. The standard InChI is InChI=1S/C34H33ClF3NO3/c1-2-32(40)42-29-18-10-17-28(22-29)41-21-11-20-39(23-27-16-9-19-31(33(27)35)34(36,37)38)24-30(25-12-5-3-6-13-25)26-14-7-4-8-15-26/h3-10,12-19,22,30H,2,11,20-21,23-24H2,1H3. The zero-order valence-electron chi connectivity index (χ0n) is 23.3. The number of nitrogens with zero attached hydrogens (tertiary/aromatic N) is 1. The van der Waals surface area contributed by atoms with Gasteiger partial charge >= 0.3 is 12.1 Å². The minimum absolute atomic E-state index is 0.0113. The molecule has 0 unspecified atom stereocenters. The fourth-order valence-electron chi connectivity index (χ4n) is 4.74. The lowest BCUT2D eigenvalue weighted by molar-refractivity contribution is -0.137. The second-order valence-corrected chi connectivity index (χ2v) is 10.3. The fraction of sp³-hybridized carbons (Fsp3) is 0.265. The Labute approximate surface area is 249 Å². The molecule has 0 spiro atoms. The zero-order chi connectivity index (χ0) is 30.0. The third-order valence-corrected chi connectivity index (χ3v) is 7.28. The first-order chi connectivity index (χ1) is 20.2. The Hall–Kier alpha value is -3.81. The third kappa shape index (κ3) is 8.84. The number of ether oxygens (including phenoxy) is 2.